The lowest BCUT2D eigenvalue weighted by Crippen LogP contribution is -2.38. The molecule has 45 heavy (non-hydrogen) atoms. The summed E-state index contributed by atoms with van der Waals surface area (Å²) >= 11 is 0. The van der Waals surface area contributed by atoms with Crippen LogP contribution in [-0.4, -0.2) is 22.4 Å². The molecule has 7 heteroatoms. The summed E-state index contributed by atoms with van der Waals surface area (Å²) in [6.07, 6.45) is 2.01. The molecule has 0 spiro atoms. The summed E-state index contributed by atoms with van der Waals surface area (Å²) in [7, 11) is 0. The summed E-state index contributed by atoms with van der Waals surface area (Å²) < 4.78 is 12.9. The summed E-state index contributed by atoms with van der Waals surface area (Å²) in [5, 5.41) is 15.1. The number of benzene rings is 4. The number of nitrogens with zero attached hydrogens (tertiary/aromatic N) is 3. The van der Waals surface area contributed by atoms with Crippen LogP contribution in [0.4, 0.5) is 0 Å². The van der Waals surface area contributed by atoms with Gasteiger partial charge in [0, 0.05) is 11.8 Å². The first-order valence-electron chi connectivity index (χ1n) is 14.8. The second-order valence-corrected chi connectivity index (χ2v) is 10.7. The number of hydrogen-bond acceptors (Lipinski definition) is 6. The van der Waals surface area contributed by atoms with Crippen LogP contribution >= 0.6 is 0 Å². The van der Waals surface area contributed by atoms with E-state index >= 15 is 0 Å². The van der Waals surface area contributed by atoms with Gasteiger partial charge >= 0.3 is 5.97 Å². The number of nitriles is 1. The zero-order valence-electron chi connectivity index (χ0n) is 25.1. The van der Waals surface area contributed by atoms with Gasteiger partial charge in [0.05, 0.1) is 23.8 Å². The van der Waals surface area contributed by atoms with Crippen molar-refractivity contribution in [3.8, 4) is 17.3 Å². The molecule has 7 nitrogen and oxygen atoms in total. The highest BCUT2D eigenvalue weighted by Crippen LogP contribution is 2.42. The van der Waals surface area contributed by atoms with E-state index in [2.05, 4.69) is 42.5 Å². The summed E-state index contributed by atoms with van der Waals surface area (Å²) in [5.41, 5.74) is 11.4. The molecule has 0 saturated carbocycles. The van der Waals surface area contributed by atoms with Gasteiger partial charge in [-0.3, -0.25) is 4.68 Å². The Labute approximate surface area is 262 Å². The van der Waals surface area contributed by atoms with Crippen LogP contribution < -0.4 is 5.73 Å². The molecular formula is C38H32N4O3. The van der Waals surface area contributed by atoms with Crippen molar-refractivity contribution in [3.05, 3.63) is 173 Å². The number of carbonyl (C=O) groups is 1. The predicted octanol–water partition coefficient (Wildman–Crippen LogP) is 7.04. The zero-order valence-corrected chi connectivity index (χ0v) is 25.1. The van der Waals surface area contributed by atoms with Gasteiger partial charge in [-0.15, -0.1) is 0 Å². The molecule has 0 bridgehead atoms. The molecule has 0 aliphatic carbocycles. The smallest absolute Gasteiger partial charge is 0.338 e. The quantitative estimate of drug-likeness (QED) is 0.153. The highest BCUT2D eigenvalue weighted by Gasteiger charge is 2.39. The first-order chi connectivity index (χ1) is 22.0. The van der Waals surface area contributed by atoms with E-state index in [1.54, 1.807) is 13.8 Å². The normalized spacial score (nSPS) is 14.9. The van der Waals surface area contributed by atoms with Crippen molar-refractivity contribution in [1.29, 1.82) is 5.26 Å². The number of esters is 1. The van der Waals surface area contributed by atoms with E-state index in [1.165, 1.54) is 0 Å². The standard InChI is InChI=1S/C38H32N4O3/c1-3-44-37(43)34-26(2)45-36(40)32(25-39)35(34)28-21-19-27(20-22-28)33-23-24-42(41-33)38(29-13-7-4-8-14-29,30-15-9-5-10-16-30)31-17-11-6-12-18-31/h4-24,35H,3,40H2,1-2H3. The molecule has 5 aromatic rings. The SMILES string of the molecule is CCOC(=O)C1=C(C)OC(N)=C(C#N)C1c1ccc(-c2ccn(C(c3ccccc3)(c3ccccc3)c3ccccc3)n2)cc1. The molecule has 0 amide bonds. The molecule has 0 fully saturated rings. The Bertz CT molecular complexity index is 1820. The van der Waals surface area contributed by atoms with Crippen LogP contribution in [0.15, 0.2) is 150 Å². The highest BCUT2D eigenvalue weighted by molar-refractivity contribution is 5.92. The lowest BCUT2D eigenvalue weighted by Gasteiger charge is -2.36. The molecule has 1 aliphatic rings. The van der Waals surface area contributed by atoms with E-state index in [4.69, 9.17) is 20.3 Å². The third kappa shape index (κ3) is 5.17. The first kappa shape index (κ1) is 29.2. The number of carbonyl (C=O) groups excluding carboxylic acids is 1. The van der Waals surface area contributed by atoms with Crippen molar-refractivity contribution in [2.24, 2.45) is 5.73 Å². The minimum absolute atomic E-state index is 0.0186. The Balaban J connectivity index is 1.45. The number of rotatable bonds is 8. The van der Waals surface area contributed by atoms with Gasteiger partial charge < -0.3 is 15.2 Å². The average molecular weight is 593 g/mol. The molecule has 4 aromatic carbocycles. The maximum absolute atomic E-state index is 13.0. The van der Waals surface area contributed by atoms with Gasteiger partial charge in [-0.25, -0.2) is 4.79 Å². The van der Waals surface area contributed by atoms with Crippen molar-refractivity contribution in [2.45, 2.75) is 25.3 Å². The molecule has 1 aliphatic heterocycles. The number of hydrogen-bond donors (Lipinski definition) is 1. The van der Waals surface area contributed by atoms with E-state index in [-0.39, 0.29) is 23.6 Å². The van der Waals surface area contributed by atoms with E-state index in [0.29, 0.717) is 5.76 Å². The second kappa shape index (κ2) is 12.4. The van der Waals surface area contributed by atoms with E-state index < -0.39 is 17.4 Å². The van der Waals surface area contributed by atoms with Gasteiger partial charge in [-0.2, -0.15) is 10.4 Å². The van der Waals surface area contributed by atoms with Gasteiger partial charge in [0.1, 0.15) is 22.9 Å². The molecule has 1 atom stereocenters. The van der Waals surface area contributed by atoms with Gasteiger partial charge in [0.25, 0.3) is 0 Å². The third-order valence-electron chi connectivity index (χ3n) is 8.15. The number of allylic oxidation sites excluding steroid dienone is 2. The maximum atomic E-state index is 13.0. The van der Waals surface area contributed by atoms with Crippen molar-refractivity contribution in [1.82, 2.24) is 9.78 Å². The van der Waals surface area contributed by atoms with Crippen molar-refractivity contribution in [2.75, 3.05) is 6.61 Å². The van der Waals surface area contributed by atoms with Gasteiger partial charge in [-0.05, 0) is 42.2 Å². The fourth-order valence-electron chi connectivity index (χ4n) is 6.13. The molecule has 222 valence electrons. The average Bonchev–Trinajstić information content (AvgIpc) is 3.57. The Kier molecular flexibility index (Phi) is 8.04. The molecular weight excluding hydrogens is 560 g/mol. The Morgan fingerprint density at radius 1 is 0.889 bits per heavy atom. The van der Waals surface area contributed by atoms with Crippen LogP contribution in [0.1, 0.15) is 42.0 Å². The number of ether oxygens (including phenoxy) is 2. The minimum atomic E-state index is -0.731. The van der Waals surface area contributed by atoms with Crippen molar-refractivity contribution in [3.63, 3.8) is 0 Å². The van der Waals surface area contributed by atoms with Gasteiger partial charge in [0.15, 0.2) is 0 Å². The number of nitrogens with two attached hydrogens (primary N) is 1. The minimum Gasteiger partial charge on any atom is -0.463 e. The van der Waals surface area contributed by atoms with Gasteiger partial charge in [-0.1, -0.05) is 115 Å². The lowest BCUT2D eigenvalue weighted by atomic mass is 9.77. The zero-order chi connectivity index (χ0) is 31.4. The molecule has 1 unspecified atom stereocenters. The second-order valence-electron chi connectivity index (χ2n) is 10.7. The van der Waals surface area contributed by atoms with Crippen LogP contribution in [0.2, 0.25) is 0 Å². The van der Waals surface area contributed by atoms with Crippen molar-refractivity contribution < 1.29 is 14.3 Å². The Morgan fingerprint density at radius 3 is 1.91 bits per heavy atom. The molecule has 1 aromatic heterocycles. The third-order valence-corrected chi connectivity index (χ3v) is 8.15. The highest BCUT2D eigenvalue weighted by atomic mass is 16.5. The van der Waals surface area contributed by atoms with Crippen molar-refractivity contribution >= 4 is 5.97 Å². The topological polar surface area (TPSA) is 103 Å². The lowest BCUT2D eigenvalue weighted by molar-refractivity contribution is -0.139. The fraction of sp³-hybridized carbons (Fsp3) is 0.132. The summed E-state index contributed by atoms with van der Waals surface area (Å²) in [4.78, 5) is 13.0. The van der Waals surface area contributed by atoms with Crippen LogP contribution in [0.5, 0.6) is 0 Å². The Hall–Kier alpha value is -5.87. The number of aromatic nitrogens is 2. The molecule has 2 heterocycles. The van der Waals surface area contributed by atoms with Gasteiger partial charge in [0.2, 0.25) is 5.88 Å². The Morgan fingerprint density at radius 2 is 1.42 bits per heavy atom. The fourth-order valence-corrected chi connectivity index (χ4v) is 6.13. The van der Waals surface area contributed by atoms with Crippen LogP contribution in [-0.2, 0) is 19.8 Å². The summed E-state index contributed by atoms with van der Waals surface area (Å²) in [6.45, 7) is 3.58. The molecule has 0 radical (unpaired) electrons. The predicted molar refractivity (Wildman–Crippen MR) is 172 cm³/mol. The van der Waals surface area contributed by atoms with E-state index in [0.717, 1.165) is 33.5 Å². The van der Waals surface area contributed by atoms with Crippen LogP contribution in [0.3, 0.4) is 0 Å². The molecule has 0 saturated heterocycles. The maximum Gasteiger partial charge on any atom is 0.338 e. The van der Waals surface area contributed by atoms with Crippen LogP contribution in [0, 0.1) is 11.3 Å². The first-order valence-corrected chi connectivity index (χ1v) is 14.8. The summed E-state index contributed by atoms with van der Waals surface area (Å²) in [5.74, 6) is -0.953. The summed E-state index contributed by atoms with van der Waals surface area (Å²) in [6, 6.07) is 42.9. The molecule has 6 rings (SSSR count). The van der Waals surface area contributed by atoms with Crippen LogP contribution in [0.25, 0.3) is 11.3 Å². The largest absolute Gasteiger partial charge is 0.463 e. The molecule has 2 N–H and O–H groups in total. The monoisotopic (exact) mass is 592 g/mol. The van der Waals surface area contributed by atoms with E-state index in [9.17, 15) is 10.1 Å². The van der Waals surface area contributed by atoms with E-state index in [1.807, 2.05) is 95.8 Å².